The van der Waals surface area contributed by atoms with Gasteiger partial charge in [-0.2, -0.15) is 0 Å². The number of piperazine rings is 1. The van der Waals surface area contributed by atoms with Crippen molar-refractivity contribution < 1.29 is 14.0 Å². The van der Waals surface area contributed by atoms with Crippen molar-refractivity contribution >= 4 is 33.4 Å². The Bertz CT molecular complexity index is 1350. The van der Waals surface area contributed by atoms with Crippen LogP contribution in [0.3, 0.4) is 0 Å². The number of fused-ring (bicyclic) bond motifs is 1. The number of carbonyl (C=O) groups is 2. The number of halogens is 1. The highest BCUT2D eigenvalue weighted by molar-refractivity contribution is 7.16. The van der Waals surface area contributed by atoms with Crippen LogP contribution in [0.25, 0.3) is 10.2 Å². The Labute approximate surface area is 208 Å². The molecule has 0 N–H and O–H groups in total. The van der Waals surface area contributed by atoms with Gasteiger partial charge in [-0.25, -0.2) is 4.39 Å². The first-order chi connectivity index (χ1) is 17.0. The Kier molecular flexibility index (Phi) is 6.68. The van der Waals surface area contributed by atoms with Crippen LogP contribution in [0.5, 0.6) is 0 Å². The summed E-state index contributed by atoms with van der Waals surface area (Å²) in [6.45, 7) is 3.95. The number of benzene rings is 2. The maximum Gasteiger partial charge on any atom is 0.270 e. The van der Waals surface area contributed by atoms with Gasteiger partial charge in [0.25, 0.3) is 5.91 Å². The normalized spacial score (nSPS) is 16.1. The zero-order chi connectivity index (χ0) is 24.4. The number of hydrogen-bond acceptors (Lipinski definition) is 3. The van der Waals surface area contributed by atoms with Gasteiger partial charge in [0.1, 0.15) is 16.3 Å². The third-order valence-electron chi connectivity index (χ3n) is 6.66. The van der Waals surface area contributed by atoms with Crippen molar-refractivity contribution in [2.24, 2.45) is 0 Å². The van der Waals surface area contributed by atoms with E-state index in [0.29, 0.717) is 38.3 Å². The number of amides is 2. The van der Waals surface area contributed by atoms with E-state index in [1.54, 1.807) is 17.4 Å². The number of hydrogen-bond donors (Lipinski definition) is 0. The lowest BCUT2D eigenvalue weighted by Crippen LogP contribution is -2.55. The summed E-state index contributed by atoms with van der Waals surface area (Å²) in [5.74, 6) is -0.205. The van der Waals surface area contributed by atoms with Crippen molar-refractivity contribution in [1.82, 2.24) is 14.4 Å². The monoisotopic (exact) mass is 489 g/mol. The van der Waals surface area contributed by atoms with Gasteiger partial charge in [-0.1, -0.05) is 42.5 Å². The Morgan fingerprint density at radius 2 is 1.80 bits per heavy atom. The molecule has 0 saturated carbocycles. The predicted molar refractivity (Wildman–Crippen MR) is 137 cm³/mol. The van der Waals surface area contributed by atoms with Crippen molar-refractivity contribution in [3.63, 3.8) is 0 Å². The summed E-state index contributed by atoms with van der Waals surface area (Å²) in [4.78, 5) is 31.2. The summed E-state index contributed by atoms with van der Waals surface area (Å²) in [7, 11) is 0. The average Bonchev–Trinajstić information content (AvgIpc) is 3.45. The summed E-state index contributed by atoms with van der Waals surface area (Å²) >= 11 is 1.58. The molecular formula is C28H28FN3O2S. The Balaban J connectivity index is 1.28. The molecule has 0 bridgehead atoms. The van der Waals surface area contributed by atoms with Crippen LogP contribution in [0, 0.1) is 5.82 Å². The van der Waals surface area contributed by atoms with Crippen LogP contribution in [0.1, 0.15) is 35.0 Å². The maximum absolute atomic E-state index is 13.8. The summed E-state index contributed by atoms with van der Waals surface area (Å²) < 4.78 is 15.8. The molecule has 3 heterocycles. The molecule has 0 aliphatic carbocycles. The lowest BCUT2D eigenvalue weighted by molar-refractivity contribution is -0.135. The molecule has 5 rings (SSSR count). The SMILES string of the molecule is CC1CN(C(=O)c2cc3ccsc3n2Cc2cccc(F)c2)CCN1C(=O)CCc1ccccc1. The van der Waals surface area contributed by atoms with E-state index in [0.717, 1.165) is 27.8 Å². The Morgan fingerprint density at radius 1 is 1.00 bits per heavy atom. The van der Waals surface area contributed by atoms with E-state index in [-0.39, 0.29) is 23.7 Å². The van der Waals surface area contributed by atoms with Crippen LogP contribution < -0.4 is 0 Å². The van der Waals surface area contributed by atoms with Gasteiger partial charge in [0.15, 0.2) is 0 Å². The standard InChI is InChI=1S/C28H28FN3O2S/c1-20-18-30(13-14-31(20)26(33)11-10-21-6-3-2-4-7-21)27(34)25-17-23-12-15-35-28(23)32(25)19-22-8-5-9-24(29)16-22/h2-9,12,15-17,20H,10-11,13-14,18-19H2,1H3. The molecule has 4 aromatic rings. The summed E-state index contributed by atoms with van der Waals surface area (Å²) in [5, 5.41) is 3.01. The lowest BCUT2D eigenvalue weighted by Gasteiger charge is -2.40. The number of aryl methyl sites for hydroxylation is 1. The molecule has 2 aromatic heterocycles. The van der Waals surface area contributed by atoms with Crippen molar-refractivity contribution in [3.8, 4) is 0 Å². The minimum Gasteiger partial charge on any atom is -0.336 e. The molecule has 35 heavy (non-hydrogen) atoms. The molecule has 1 fully saturated rings. The molecule has 2 amide bonds. The molecule has 2 aromatic carbocycles. The van der Waals surface area contributed by atoms with E-state index in [1.165, 1.54) is 12.1 Å². The second-order valence-corrected chi connectivity index (χ2v) is 9.99. The fourth-order valence-corrected chi connectivity index (χ4v) is 5.74. The first-order valence-corrected chi connectivity index (χ1v) is 12.8. The van der Waals surface area contributed by atoms with Crippen LogP contribution in [-0.4, -0.2) is 51.9 Å². The van der Waals surface area contributed by atoms with Gasteiger partial charge in [0.2, 0.25) is 5.91 Å². The summed E-state index contributed by atoms with van der Waals surface area (Å²) in [6.07, 6.45) is 1.19. The predicted octanol–water partition coefficient (Wildman–Crippen LogP) is 5.20. The molecule has 0 spiro atoms. The average molecular weight is 490 g/mol. The first kappa shape index (κ1) is 23.3. The summed E-state index contributed by atoms with van der Waals surface area (Å²) in [6, 6.07) is 20.4. The van der Waals surface area contributed by atoms with Crippen molar-refractivity contribution in [2.75, 3.05) is 19.6 Å². The van der Waals surface area contributed by atoms with E-state index in [9.17, 15) is 14.0 Å². The van der Waals surface area contributed by atoms with Crippen LogP contribution in [0.15, 0.2) is 72.1 Å². The van der Waals surface area contributed by atoms with E-state index in [1.807, 2.05) is 75.2 Å². The first-order valence-electron chi connectivity index (χ1n) is 11.9. The number of nitrogens with zero attached hydrogens (tertiary/aromatic N) is 3. The Hall–Kier alpha value is -3.45. The smallest absolute Gasteiger partial charge is 0.270 e. The molecule has 1 atom stereocenters. The van der Waals surface area contributed by atoms with E-state index in [2.05, 4.69) is 0 Å². The van der Waals surface area contributed by atoms with Crippen LogP contribution in [0.4, 0.5) is 4.39 Å². The molecule has 5 nitrogen and oxygen atoms in total. The second-order valence-electron chi connectivity index (χ2n) is 9.10. The molecular weight excluding hydrogens is 461 g/mol. The highest BCUT2D eigenvalue weighted by Crippen LogP contribution is 2.28. The molecule has 1 unspecified atom stereocenters. The van der Waals surface area contributed by atoms with Gasteiger partial charge in [-0.3, -0.25) is 9.59 Å². The van der Waals surface area contributed by atoms with Gasteiger partial charge < -0.3 is 14.4 Å². The van der Waals surface area contributed by atoms with Gasteiger partial charge in [-0.05, 0) is 54.1 Å². The molecule has 1 aliphatic heterocycles. The third-order valence-corrected chi connectivity index (χ3v) is 7.61. The van der Waals surface area contributed by atoms with E-state index < -0.39 is 0 Å². The molecule has 7 heteroatoms. The topological polar surface area (TPSA) is 45.6 Å². The largest absolute Gasteiger partial charge is 0.336 e. The van der Waals surface area contributed by atoms with Crippen molar-refractivity contribution in [3.05, 3.63) is 94.7 Å². The molecule has 1 aliphatic rings. The van der Waals surface area contributed by atoms with Crippen molar-refractivity contribution in [2.45, 2.75) is 32.4 Å². The third kappa shape index (κ3) is 5.00. The number of rotatable bonds is 6. The fourth-order valence-electron chi connectivity index (χ4n) is 4.84. The number of thiophene rings is 1. The molecule has 180 valence electrons. The highest BCUT2D eigenvalue weighted by atomic mass is 32.1. The van der Waals surface area contributed by atoms with Crippen LogP contribution in [-0.2, 0) is 17.8 Å². The van der Waals surface area contributed by atoms with Gasteiger partial charge in [-0.15, -0.1) is 11.3 Å². The van der Waals surface area contributed by atoms with Crippen LogP contribution >= 0.6 is 11.3 Å². The minimum absolute atomic E-state index is 0.0481. The van der Waals surface area contributed by atoms with E-state index >= 15 is 0 Å². The maximum atomic E-state index is 13.8. The highest BCUT2D eigenvalue weighted by Gasteiger charge is 2.31. The van der Waals surface area contributed by atoms with Crippen LogP contribution in [0.2, 0.25) is 0 Å². The zero-order valence-corrected chi connectivity index (χ0v) is 20.5. The van der Waals surface area contributed by atoms with Crippen molar-refractivity contribution in [1.29, 1.82) is 0 Å². The second kappa shape index (κ2) is 10.0. The summed E-state index contributed by atoms with van der Waals surface area (Å²) in [5.41, 5.74) is 2.57. The van der Waals surface area contributed by atoms with E-state index in [4.69, 9.17) is 0 Å². The minimum atomic E-state index is -0.285. The lowest BCUT2D eigenvalue weighted by atomic mass is 10.1. The quantitative estimate of drug-likeness (QED) is 0.374. The fraction of sp³-hybridized carbons (Fsp3) is 0.286. The Morgan fingerprint density at radius 3 is 2.57 bits per heavy atom. The van der Waals surface area contributed by atoms with Gasteiger partial charge in [0, 0.05) is 44.0 Å². The van der Waals surface area contributed by atoms with Gasteiger partial charge >= 0.3 is 0 Å². The number of aromatic nitrogens is 1. The van der Waals surface area contributed by atoms with Gasteiger partial charge in [0.05, 0.1) is 0 Å². The molecule has 1 saturated heterocycles. The zero-order valence-electron chi connectivity index (χ0n) is 19.7. The number of carbonyl (C=O) groups excluding carboxylic acids is 2. The molecule has 0 radical (unpaired) electrons.